The van der Waals surface area contributed by atoms with Crippen molar-refractivity contribution >= 4 is 27.5 Å². The number of sulfonamides is 1. The van der Waals surface area contributed by atoms with Crippen molar-refractivity contribution in [2.45, 2.75) is 43.0 Å². The van der Waals surface area contributed by atoms with Gasteiger partial charge in [0, 0.05) is 6.04 Å². The molecule has 20 heavy (non-hydrogen) atoms. The van der Waals surface area contributed by atoms with Crippen LogP contribution in [0.25, 0.3) is 0 Å². The third-order valence-corrected chi connectivity index (χ3v) is 5.29. The Kier molecular flexibility index (Phi) is 4.67. The lowest BCUT2D eigenvalue weighted by atomic mass is 9.96. The molecule has 2 rings (SSSR count). The van der Waals surface area contributed by atoms with Crippen LogP contribution in [0.3, 0.4) is 0 Å². The van der Waals surface area contributed by atoms with E-state index >= 15 is 0 Å². The van der Waals surface area contributed by atoms with E-state index in [-0.39, 0.29) is 21.5 Å². The van der Waals surface area contributed by atoms with E-state index in [9.17, 15) is 13.2 Å². The zero-order valence-corrected chi connectivity index (χ0v) is 12.5. The van der Waals surface area contributed by atoms with E-state index in [2.05, 4.69) is 4.72 Å². The molecule has 1 amide bonds. The summed E-state index contributed by atoms with van der Waals surface area (Å²) in [6.45, 7) is 0. The molecule has 1 fully saturated rings. The third-order valence-electron chi connectivity index (χ3n) is 3.44. The van der Waals surface area contributed by atoms with Crippen LogP contribution in [0.15, 0.2) is 23.1 Å². The minimum Gasteiger partial charge on any atom is -0.366 e. The van der Waals surface area contributed by atoms with E-state index in [1.54, 1.807) is 0 Å². The number of halogens is 1. The first kappa shape index (κ1) is 15.3. The Morgan fingerprint density at radius 2 is 1.90 bits per heavy atom. The summed E-state index contributed by atoms with van der Waals surface area (Å²) in [7, 11) is -3.65. The average molecular weight is 317 g/mol. The van der Waals surface area contributed by atoms with Gasteiger partial charge in [0.25, 0.3) is 0 Å². The Balaban J connectivity index is 2.24. The quantitative estimate of drug-likeness (QED) is 0.891. The first-order valence-electron chi connectivity index (χ1n) is 6.52. The normalized spacial score (nSPS) is 17.1. The number of amides is 1. The van der Waals surface area contributed by atoms with E-state index in [1.165, 1.54) is 18.2 Å². The highest BCUT2D eigenvalue weighted by atomic mass is 35.5. The van der Waals surface area contributed by atoms with Gasteiger partial charge in [-0.1, -0.05) is 30.9 Å². The number of rotatable bonds is 4. The lowest BCUT2D eigenvalue weighted by molar-refractivity contribution is 0.1000. The molecule has 1 aromatic carbocycles. The molecule has 1 saturated carbocycles. The number of primary amides is 1. The van der Waals surface area contributed by atoms with Crippen molar-refractivity contribution in [2.24, 2.45) is 5.73 Å². The van der Waals surface area contributed by atoms with Gasteiger partial charge in [0.15, 0.2) is 0 Å². The summed E-state index contributed by atoms with van der Waals surface area (Å²) < 4.78 is 27.2. The summed E-state index contributed by atoms with van der Waals surface area (Å²) in [5.74, 6) is -0.746. The van der Waals surface area contributed by atoms with Crippen molar-refractivity contribution in [3.05, 3.63) is 28.8 Å². The molecular formula is C13H17ClN2O3S. The monoisotopic (exact) mass is 316 g/mol. The highest BCUT2D eigenvalue weighted by molar-refractivity contribution is 7.89. The van der Waals surface area contributed by atoms with Gasteiger partial charge in [-0.05, 0) is 31.0 Å². The number of hydrogen-bond donors (Lipinski definition) is 2. The number of hydrogen-bond acceptors (Lipinski definition) is 3. The van der Waals surface area contributed by atoms with Crippen molar-refractivity contribution in [3.63, 3.8) is 0 Å². The molecule has 5 nitrogen and oxygen atoms in total. The van der Waals surface area contributed by atoms with Gasteiger partial charge in [-0.25, -0.2) is 13.1 Å². The van der Waals surface area contributed by atoms with Gasteiger partial charge in [-0.2, -0.15) is 0 Å². The fourth-order valence-electron chi connectivity index (χ4n) is 2.37. The van der Waals surface area contributed by atoms with Crippen LogP contribution in [0.2, 0.25) is 5.02 Å². The second-order valence-electron chi connectivity index (χ2n) is 4.96. The molecule has 0 radical (unpaired) electrons. The van der Waals surface area contributed by atoms with Crippen LogP contribution >= 0.6 is 11.6 Å². The molecule has 0 aliphatic heterocycles. The lowest BCUT2D eigenvalue weighted by Gasteiger charge is -2.22. The second-order valence-corrected chi connectivity index (χ2v) is 7.08. The molecule has 0 saturated heterocycles. The van der Waals surface area contributed by atoms with E-state index < -0.39 is 15.9 Å². The average Bonchev–Trinajstić information content (AvgIpc) is 2.39. The van der Waals surface area contributed by atoms with E-state index in [4.69, 9.17) is 17.3 Å². The van der Waals surface area contributed by atoms with E-state index in [0.29, 0.717) is 0 Å². The fraction of sp³-hybridized carbons (Fsp3) is 0.462. The highest BCUT2D eigenvalue weighted by Crippen LogP contribution is 2.23. The smallest absolute Gasteiger partial charge is 0.250 e. The van der Waals surface area contributed by atoms with E-state index in [0.717, 1.165) is 32.1 Å². The summed E-state index contributed by atoms with van der Waals surface area (Å²) in [6, 6.07) is 3.92. The minimum absolute atomic E-state index is 0.0122. The SMILES string of the molecule is NC(=O)c1cc(S(=O)(=O)NC2CCCCC2)ccc1Cl. The number of carbonyl (C=O) groups excluding carboxylic acids is 1. The van der Waals surface area contributed by atoms with Crippen LogP contribution in [0.5, 0.6) is 0 Å². The van der Waals surface area contributed by atoms with Gasteiger partial charge >= 0.3 is 0 Å². The standard InChI is InChI=1S/C13H17ClN2O3S/c14-12-7-6-10(8-11(12)13(15)17)20(18,19)16-9-4-2-1-3-5-9/h6-9,16H,1-5H2,(H2,15,17). The van der Waals surface area contributed by atoms with Crippen molar-refractivity contribution in [2.75, 3.05) is 0 Å². The highest BCUT2D eigenvalue weighted by Gasteiger charge is 2.23. The maximum Gasteiger partial charge on any atom is 0.250 e. The summed E-state index contributed by atoms with van der Waals surface area (Å²) in [5, 5.41) is 0.147. The number of nitrogens with one attached hydrogen (secondary N) is 1. The van der Waals surface area contributed by atoms with Crippen molar-refractivity contribution in [1.29, 1.82) is 0 Å². The Morgan fingerprint density at radius 3 is 2.50 bits per heavy atom. The predicted molar refractivity (Wildman–Crippen MR) is 77.2 cm³/mol. The van der Waals surface area contributed by atoms with Crippen LogP contribution in [0.1, 0.15) is 42.5 Å². The molecule has 0 atom stereocenters. The number of nitrogens with two attached hydrogens (primary N) is 1. The van der Waals surface area contributed by atoms with Gasteiger partial charge in [0.2, 0.25) is 15.9 Å². The Labute approximate surface area is 123 Å². The van der Waals surface area contributed by atoms with Crippen LogP contribution in [0.4, 0.5) is 0 Å². The number of carbonyl (C=O) groups is 1. The molecule has 0 aromatic heterocycles. The molecule has 0 heterocycles. The molecule has 3 N–H and O–H groups in total. The van der Waals surface area contributed by atoms with Crippen molar-refractivity contribution < 1.29 is 13.2 Å². The molecule has 1 aliphatic carbocycles. The zero-order valence-electron chi connectivity index (χ0n) is 10.9. The lowest BCUT2D eigenvalue weighted by Crippen LogP contribution is -2.36. The first-order valence-corrected chi connectivity index (χ1v) is 8.38. The summed E-state index contributed by atoms with van der Waals surface area (Å²) in [5.41, 5.74) is 5.18. The molecule has 0 spiro atoms. The van der Waals surface area contributed by atoms with Gasteiger partial charge in [0.1, 0.15) is 0 Å². The van der Waals surface area contributed by atoms with E-state index in [1.807, 2.05) is 0 Å². The Morgan fingerprint density at radius 1 is 1.25 bits per heavy atom. The predicted octanol–water partition coefficient (Wildman–Crippen LogP) is 2.05. The van der Waals surface area contributed by atoms with Gasteiger partial charge in [0.05, 0.1) is 15.5 Å². The van der Waals surface area contributed by atoms with Crippen LogP contribution in [-0.4, -0.2) is 20.4 Å². The van der Waals surface area contributed by atoms with Crippen molar-refractivity contribution in [3.8, 4) is 0 Å². The molecule has 1 aromatic rings. The van der Waals surface area contributed by atoms with Crippen molar-refractivity contribution in [1.82, 2.24) is 4.72 Å². The fourth-order valence-corrected chi connectivity index (χ4v) is 3.91. The maximum absolute atomic E-state index is 12.3. The Bertz CT molecular complexity index is 610. The number of benzene rings is 1. The van der Waals surface area contributed by atoms with Crippen LogP contribution in [-0.2, 0) is 10.0 Å². The van der Waals surface area contributed by atoms with Crippen LogP contribution < -0.4 is 10.5 Å². The molecule has 1 aliphatic rings. The summed E-state index contributed by atoms with van der Waals surface area (Å²) in [4.78, 5) is 11.2. The Hall–Kier alpha value is -1.11. The molecule has 0 bridgehead atoms. The first-order chi connectivity index (χ1) is 9.40. The van der Waals surface area contributed by atoms with Gasteiger partial charge < -0.3 is 5.73 Å². The topological polar surface area (TPSA) is 89.3 Å². The molecule has 110 valence electrons. The second kappa shape index (κ2) is 6.11. The molecule has 7 heteroatoms. The zero-order chi connectivity index (χ0) is 14.8. The summed E-state index contributed by atoms with van der Waals surface area (Å²) in [6.07, 6.45) is 4.89. The van der Waals surface area contributed by atoms with Gasteiger partial charge in [-0.3, -0.25) is 4.79 Å². The minimum atomic E-state index is -3.65. The van der Waals surface area contributed by atoms with Gasteiger partial charge in [-0.15, -0.1) is 0 Å². The largest absolute Gasteiger partial charge is 0.366 e. The third kappa shape index (κ3) is 3.50. The molecule has 0 unspecified atom stereocenters. The van der Waals surface area contributed by atoms with Crippen LogP contribution in [0, 0.1) is 0 Å². The summed E-state index contributed by atoms with van der Waals surface area (Å²) >= 11 is 5.82. The molecular weight excluding hydrogens is 300 g/mol. The maximum atomic E-state index is 12.3.